The maximum absolute atomic E-state index is 13.9. The van der Waals surface area contributed by atoms with Crippen LogP contribution in [-0.2, 0) is 14.8 Å². The van der Waals surface area contributed by atoms with Gasteiger partial charge in [0.05, 0.1) is 51.0 Å². The fourth-order valence-corrected chi connectivity index (χ4v) is 6.97. The smallest absolute Gasteiger partial charge is 0.264 e. The quantitative estimate of drug-likeness (QED) is 0.308. The van der Waals surface area contributed by atoms with Crippen molar-refractivity contribution in [1.82, 2.24) is 4.90 Å². The van der Waals surface area contributed by atoms with Crippen LogP contribution in [0.15, 0.2) is 114 Å². The van der Waals surface area contributed by atoms with Crippen molar-refractivity contribution in [2.45, 2.75) is 10.9 Å². The number of sulfonamides is 1. The molecule has 0 saturated carbocycles. The monoisotopic (exact) mass is 586 g/mol. The standard InChI is InChI=1S/C33H35N3O5S/c1-40-28-18-19-30(31(24-28)41-2)36(42(38,39)29-16-10-5-11-17-29)25-32(37)34-20-22-35(23-21-34)33(26-12-6-3-7-13-26)27-14-8-4-9-15-27/h3-19,24,33H,20-23,25H2,1-2H3/p+1. The van der Waals surface area contributed by atoms with Gasteiger partial charge in [-0.3, -0.25) is 9.10 Å². The molecule has 4 aromatic carbocycles. The topological polar surface area (TPSA) is 80.6 Å². The molecule has 0 atom stereocenters. The van der Waals surface area contributed by atoms with E-state index in [0.717, 1.165) is 17.4 Å². The molecule has 0 bridgehead atoms. The Balaban J connectivity index is 1.38. The Bertz CT molecular complexity index is 1540. The van der Waals surface area contributed by atoms with Gasteiger partial charge in [-0.1, -0.05) is 78.9 Å². The van der Waals surface area contributed by atoms with Crippen LogP contribution in [0.2, 0.25) is 0 Å². The number of rotatable bonds is 10. The van der Waals surface area contributed by atoms with E-state index in [0.29, 0.717) is 24.6 Å². The molecular weight excluding hydrogens is 550 g/mol. The lowest BCUT2D eigenvalue weighted by Gasteiger charge is -2.37. The minimum Gasteiger partial charge on any atom is -0.497 e. The van der Waals surface area contributed by atoms with Gasteiger partial charge in [-0.05, 0) is 24.3 Å². The van der Waals surface area contributed by atoms with E-state index >= 15 is 0 Å². The number of nitrogens with zero attached hydrogens (tertiary/aromatic N) is 2. The predicted octanol–water partition coefficient (Wildman–Crippen LogP) is 3.42. The molecule has 5 rings (SSSR count). The van der Waals surface area contributed by atoms with Gasteiger partial charge < -0.3 is 19.3 Å². The van der Waals surface area contributed by atoms with Gasteiger partial charge in [-0.2, -0.15) is 0 Å². The number of ether oxygens (including phenoxy) is 2. The number of hydrogen-bond acceptors (Lipinski definition) is 5. The first-order valence-corrected chi connectivity index (χ1v) is 15.4. The first kappa shape index (κ1) is 29.2. The number of carbonyl (C=O) groups is 1. The molecule has 8 nitrogen and oxygen atoms in total. The first-order valence-electron chi connectivity index (χ1n) is 13.9. The van der Waals surface area contributed by atoms with Crippen LogP contribution in [0.4, 0.5) is 5.69 Å². The summed E-state index contributed by atoms with van der Waals surface area (Å²) >= 11 is 0. The fourth-order valence-electron chi connectivity index (χ4n) is 5.52. The summed E-state index contributed by atoms with van der Waals surface area (Å²) in [5.74, 6) is 0.552. The van der Waals surface area contributed by atoms with E-state index in [2.05, 4.69) is 48.5 Å². The van der Waals surface area contributed by atoms with Crippen LogP contribution in [0.1, 0.15) is 17.2 Å². The van der Waals surface area contributed by atoms with E-state index in [4.69, 9.17) is 9.47 Å². The van der Waals surface area contributed by atoms with Crippen molar-refractivity contribution < 1.29 is 27.6 Å². The molecule has 1 amide bonds. The van der Waals surface area contributed by atoms with Crippen LogP contribution >= 0.6 is 0 Å². The van der Waals surface area contributed by atoms with E-state index in [1.165, 1.54) is 42.4 Å². The zero-order valence-corrected chi connectivity index (χ0v) is 24.7. The van der Waals surface area contributed by atoms with Crippen LogP contribution in [0.5, 0.6) is 11.5 Å². The summed E-state index contributed by atoms with van der Waals surface area (Å²) < 4.78 is 39.8. The second-order valence-electron chi connectivity index (χ2n) is 10.2. The molecule has 9 heteroatoms. The molecule has 218 valence electrons. The number of carbonyl (C=O) groups excluding carboxylic acids is 1. The Morgan fingerprint density at radius 1 is 0.810 bits per heavy atom. The Labute approximate surface area is 247 Å². The number of amides is 1. The molecule has 0 radical (unpaired) electrons. The molecule has 0 unspecified atom stereocenters. The maximum Gasteiger partial charge on any atom is 0.264 e. The van der Waals surface area contributed by atoms with Crippen LogP contribution < -0.4 is 18.7 Å². The molecule has 1 heterocycles. The largest absolute Gasteiger partial charge is 0.497 e. The molecule has 1 N–H and O–H groups in total. The number of methoxy groups -OCH3 is 2. The number of piperazine rings is 1. The SMILES string of the molecule is COc1ccc(N(CC(=O)N2CC[NH+](C(c3ccccc3)c3ccccc3)CC2)S(=O)(=O)c2ccccc2)c(OC)c1. The van der Waals surface area contributed by atoms with Gasteiger partial charge in [-0.25, -0.2) is 8.42 Å². The molecule has 0 aromatic heterocycles. The highest BCUT2D eigenvalue weighted by Crippen LogP contribution is 2.35. The Hall–Kier alpha value is -4.34. The van der Waals surface area contributed by atoms with Crippen molar-refractivity contribution in [3.63, 3.8) is 0 Å². The molecule has 0 aliphatic carbocycles. The summed E-state index contributed by atoms with van der Waals surface area (Å²) in [7, 11) is -1.09. The van der Waals surface area contributed by atoms with Gasteiger partial charge in [0.1, 0.15) is 24.1 Å². The number of quaternary nitrogens is 1. The second-order valence-corrected chi connectivity index (χ2v) is 12.0. The van der Waals surface area contributed by atoms with Crippen LogP contribution in [0.25, 0.3) is 0 Å². The molecule has 1 fully saturated rings. The summed E-state index contributed by atoms with van der Waals surface area (Å²) in [6.45, 7) is 2.15. The van der Waals surface area contributed by atoms with Gasteiger partial charge in [0.25, 0.3) is 10.0 Å². The molecule has 1 saturated heterocycles. The summed E-state index contributed by atoms with van der Waals surface area (Å²) in [4.78, 5) is 17.0. The van der Waals surface area contributed by atoms with Crippen molar-refractivity contribution in [3.8, 4) is 11.5 Å². The minimum absolute atomic E-state index is 0.0958. The van der Waals surface area contributed by atoms with Gasteiger partial charge in [-0.15, -0.1) is 0 Å². The maximum atomic E-state index is 13.9. The molecule has 4 aromatic rings. The predicted molar refractivity (Wildman–Crippen MR) is 163 cm³/mol. The third-order valence-corrected chi connectivity index (χ3v) is 9.47. The van der Waals surface area contributed by atoms with Crippen LogP contribution in [0, 0.1) is 0 Å². The van der Waals surface area contributed by atoms with Crippen LogP contribution in [-0.4, -0.2) is 66.2 Å². The number of nitrogens with one attached hydrogen (secondary N) is 1. The molecular formula is C33H36N3O5S+. The van der Waals surface area contributed by atoms with E-state index in [-0.39, 0.29) is 29.1 Å². The normalized spacial score (nSPS) is 14.0. The Kier molecular flexibility index (Phi) is 9.09. The van der Waals surface area contributed by atoms with Crippen molar-refractivity contribution >= 4 is 21.6 Å². The molecule has 1 aliphatic heterocycles. The van der Waals surface area contributed by atoms with Crippen LogP contribution in [0.3, 0.4) is 0 Å². The fraction of sp³-hybridized carbons (Fsp3) is 0.242. The summed E-state index contributed by atoms with van der Waals surface area (Å²) in [6, 6.07) is 34.0. The lowest BCUT2D eigenvalue weighted by molar-refractivity contribution is -0.929. The highest BCUT2D eigenvalue weighted by Gasteiger charge is 2.35. The van der Waals surface area contributed by atoms with Crippen molar-refractivity contribution in [2.24, 2.45) is 0 Å². The van der Waals surface area contributed by atoms with Crippen molar-refractivity contribution in [3.05, 3.63) is 120 Å². The first-order chi connectivity index (χ1) is 20.4. The van der Waals surface area contributed by atoms with Crippen molar-refractivity contribution in [1.29, 1.82) is 0 Å². The lowest BCUT2D eigenvalue weighted by atomic mass is 9.96. The van der Waals surface area contributed by atoms with Gasteiger partial charge in [0.15, 0.2) is 0 Å². The van der Waals surface area contributed by atoms with E-state index in [1.54, 1.807) is 41.3 Å². The second kappa shape index (κ2) is 13.1. The minimum atomic E-state index is -4.08. The van der Waals surface area contributed by atoms with Gasteiger partial charge >= 0.3 is 0 Å². The zero-order valence-electron chi connectivity index (χ0n) is 23.8. The number of anilines is 1. The average Bonchev–Trinajstić information content (AvgIpc) is 3.05. The van der Waals surface area contributed by atoms with E-state index in [1.807, 2.05) is 12.1 Å². The number of hydrogen-bond donors (Lipinski definition) is 1. The summed E-state index contributed by atoms with van der Waals surface area (Å²) in [6.07, 6.45) is 0. The third kappa shape index (κ3) is 6.27. The summed E-state index contributed by atoms with van der Waals surface area (Å²) in [5, 5.41) is 0. The zero-order chi connectivity index (χ0) is 29.5. The van der Waals surface area contributed by atoms with E-state index in [9.17, 15) is 13.2 Å². The lowest BCUT2D eigenvalue weighted by Crippen LogP contribution is -3.15. The third-order valence-electron chi connectivity index (χ3n) is 7.70. The van der Waals surface area contributed by atoms with Crippen molar-refractivity contribution in [2.75, 3.05) is 51.2 Å². The van der Waals surface area contributed by atoms with Gasteiger partial charge in [0.2, 0.25) is 5.91 Å². The molecule has 0 spiro atoms. The average molecular weight is 587 g/mol. The molecule has 1 aliphatic rings. The highest BCUT2D eigenvalue weighted by molar-refractivity contribution is 7.92. The Morgan fingerprint density at radius 2 is 1.36 bits per heavy atom. The number of benzene rings is 4. The highest BCUT2D eigenvalue weighted by atomic mass is 32.2. The summed E-state index contributed by atoms with van der Waals surface area (Å²) in [5.41, 5.74) is 2.73. The molecule has 42 heavy (non-hydrogen) atoms. The van der Waals surface area contributed by atoms with Gasteiger partial charge in [0, 0.05) is 17.2 Å². The Morgan fingerprint density at radius 3 is 1.88 bits per heavy atom. The van der Waals surface area contributed by atoms with E-state index < -0.39 is 10.0 Å².